The smallest absolute Gasteiger partial charge is 0.257 e. The third-order valence-electron chi connectivity index (χ3n) is 4.33. The number of amides is 1. The number of ether oxygens (including phenoxy) is 1. The maximum absolute atomic E-state index is 11.9. The maximum atomic E-state index is 11.9. The average Bonchev–Trinajstić information content (AvgIpc) is 3.05. The molecule has 2 aromatic carbocycles. The Bertz CT molecular complexity index is 888. The molecule has 0 atom stereocenters. The van der Waals surface area contributed by atoms with Crippen molar-refractivity contribution >= 4 is 5.91 Å². The molecule has 0 saturated carbocycles. The second kappa shape index (κ2) is 9.03. The van der Waals surface area contributed by atoms with Crippen LogP contribution in [0.15, 0.2) is 60.8 Å². The fourth-order valence-corrected chi connectivity index (χ4v) is 2.87. The largest absolute Gasteiger partial charge is 0.484 e. The van der Waals surface area contributed by atoms with Crippen LogP contribution >= 0.6 is 0 Å². The Morgan fingerprint density at radius 2 is 1.93 bits per heavy atom. The summed E-state index contributed by atoms with van der Waals surface area (Å²) >= 11 is 0. The van der Waals surface area contributed by atoms with Gasteiger partial charge in [-0.2, -0.15) is 5.10 Å². The van der Waals surface area contributed by atoms with E-state index in [9.17, 15) is 4.79 Å². The topological polar surface area (TPSA) is 56.1 Å². The normalized spacial score (nSPS) is 10.6. The molecule has 1 aromatic heterocycles. The molecule has 0 spiro atoms. The summed E-state index contributed by atoms with van der Waals surface area (Å²) < 4.78 is 7.41. The Morgan fingerprint density at radius 3 is 2.70 bits per heavy atom. The molecule has 0 saturated heterocycles. The van der Waals surface area contributed by atoms with Crippen molar-refractivity contribution in [2.24, 2.45) is 0 Å². The van der Waals surface area contributed by atoms with Crippen molar-refractivity contribution in [3.05, 3.63) is 77.6 Å². The lowest BCUT2D eigenvalue weighted by molar-refractivity contribution is -0.123. The molecule has 0 aliphatic heterocycles. The molecule has 3 aromatic rings. The minimum Gasteiger partial charge on any atom is -0.484 e. The van der Waals surface area contributed by atoms with E-state index < -0.39 is 0 Å². The molecule has 5 heteroatoms. The maximum Gasteiger partial charge on any atom is 0.257 e. The Balaban J connectivity index is 1.41. The third kappa shape index (κ3) is 5.45. The monoisotopic (exact) mass is 363 g/mol. The van der Waals surface area contributed by atoms with E-state index in [-0.39, 0.29) is 12.5 Å². The number of hydrogen-bond donors (Lipinski definition) is 1. The lowest BCUT2D eigenvalue weighted by Gasteiger charge is -2.08. The lowest BCUT2D eigenvalue weighted by Crippen LogP contribution is -2.29. The van der Waals surface area contributed by atoms with Crippen molar-refractivity contribution in [1.82, 2.24) is 15.1 Å². The molecule has 1 N–H and O–H groups in total. The van der Waals surface area contributed by atoms with E-state index in [0.717, 1.165) is 29.8 Å². The van der Waals surface area contributed by atoms with Crippen LogP contribution in [0.5, 0.6) is 5.75 Å². The Labute approximate surface area is 160 Å². The molecule has 0 bridgehead atoms. The second-order valence-electron chi connectivity index (χ2n) is 6.58. The molecule has 0 fully saturated rings. The minimum atomic E-state index is -0.104. The molecule has 5 nitrogen and oxygen atoms in total. The van der Waals surface area contributed by atoms with Crippen molar-refractivity contribution in [3.63, 3.8) is 0 Å². The summed E-state index contributed by atoms with van der Waals surface area (Å²) in [5.74, 6) is 0.613. The van der Waals surface area contributed by atoms with Crippen LogP contribution in [0, 0.1) is 13.8 Å². The molecule has 140 valence electrons. The highest BCUT2D eigenvalue weighted by atomic mass is 16.5. The number of nitrogens with one attached hydrogen (secondary N) is 1. The standard InChI is InChI=1S/C22H25N3O2/c1-17-8-6-12-21(14-17)27-16-22(26)23-13-7-9-19-15-25(24-18(19)2)20-10-4-3-5-11-20/h3-6,8,10-12,14-15H,7,9,13,16H2,1-2H3,(H,23,26). The molecular weight excluding hydrogens is 338 g/mol. The first-order valence-corrected chi connectivity index (χ1v) is 9.18. The number of hydrogen-bond acceptors (Lipinski definition) is 3. The van der Waals surface area contributed by atoms with Crippen molar-refractivity contribution in [2.45, 2.75) is 26.7 Å². The third-order valence-corrected chi connectivity index (χ3v) is 4.33. The predicted octanol–water partition coefficient (Wildman–Crippen LogP) is 3.62. The van der Waals surface area contributed by atoms with Crippen LogP contribution in [-0.4, -0.2) is 28.8 Å². The number of rotatable bonds is 8. The van der Waals surface area contributed by atoms with Gasteiger partial charge in [-0.1, -0.05) is 30.3 Å². The molecule has 1 amide bonds. The van der Waals surface area contributed by atoms with Gasteiger partial charge in [-0.15, -0.1) is 0 Å². The first-order chi connectivity index (χ1) is 13.1. The molecule has 0 aliphatic carbocycles. The van der Waals surface area contributed by atoms with Crippen molar-refractivity contribution in [3.8, 4) is 11.4 Å². The summed E-state index contributed by atoms with van der Waals surface area (Å²) in [6, 6.07) is 17.7. The number of carbonyl (C=O) groups is 1. The highest BCUT2D eigenvalue weighted by Gasteiger charge is 2.07. The quantitative estimate of drug-likeness (QED) is 0.622. The van der Waals surface area contributed by atoms with E-state index in [1.807, 2.05) is 73.1 Å². The number of aryl methyl sites for hydroxylation is 3. The number of nitrogens with zero attached hydrogens (tertiary/aromatic N) is 2. The van der Waals surface area contributed by atoms with Gasteiger partial charge >= 0.3 is 0 Å². The van der Waals surface area contributed by atoms with Crippen molar-refractivity contribution in [2.75, 3.05) is 13.2 Å². The van der Waals surface area contributed by atoms with Crippen LogP contribution in [0.1, 0.15) is 23.2 Å². The van der Waals surface area contributed by atoms with Crippen molar-refractivity contribution < 1.29 is 9.53 Å². The molecular formula is C22H25N3O2. The molecule has 0 unspecified atom stereocenters. The van der Waals surface area contributed by atoms with Gasteiger partial charge in [0.15, 0.2) is 6.61 Å². The lowest BCUT2D eigenvalue weighted by atomic mass is 10.1. The Morgan fingerprint density at radius 1 is 1.11 bits per heavy atom. The van der Waals surface area contributed by atoms with Gasteiger partial charge in [0.1, 0.15) is 5.75 Å². The van der Waals surface area contributed by atoms with Crippen molar-refractivity contribution in [1.29, 1.82) is 0 Å². The van der Waals surface area contributed by atoms with Crippen LogP contribution in [0.3, 0.4) is 0 Å². The van der Waals surface area contributed by atoms with Crippen LogP contribution in [0.2, 0.25) is 0 Å². The zero-order valence-corrected chi connectivity index (χ0v) is 15.8. The second-order valence-corrected chi connectivity index (χ2v) is 6.58. The van der Waals surface area contributed by atoms with Gasteiger partial charge in [-0.25, -0.2) is 4.68 Å². The van der Waals surface area contributed by atoms with Crippen LogP contribution in [0.25, 0.3) is 5.69 Å². The molecule has 1 heterocycles. The Hall–Kier alpha value is -3.08. The molecule has 27 heavy (non-hydrogen) atoms. The van der Waals surface area contributed by atoms with E-state index in [1.165, 1.54) is 5.56 Å². The summed E-state index contributed by atoms with van der Waals surface area (Å²) in [6.45, 7) is 4.66. The van der Waals surface area contributed by atoms with Gasteiger partial charge < -0.3 is 10.1 Å². The first-order valence-electron chi connectivity index (χ1n) is 9.18. The summed E-state index contributed by atoms with van der Waals surface area (Å²) in [7, 11) is 0. The van der Waals surface area contributed by atoms with Gasteiger partial charge in [0.2, 0.25) is 0 Å². The van der Waals surface area contributed by atoms with Crippen LogP contribution < -0.4 is 10.1 Å². The van der Waals surface area contributed by atoms with Gasteiger partial charge in [-0.3, -0.25) is 4.79 Å². The van der Waals surface area contributed by atoms with E-state index in [1.54, 1.807) is 0 Å². The number of carbonyl (C=O) groups excluding carboxylic acids is 1. The van der Waals surface area contributed by atoms with Gasteiger partial charge in [0.05, 0.1) is 11.4 Å². The van der Waals surface area contributed by atoms with E-state index in [0.29, 0.717) is 12.3 Å². The summed E-state index contributed by atoms with van der Waals surface area (Å²) in [4.78, 5) is 11.9. The fraction of sp³-hybridized carbons (Fsp3) is 0.273. The van der Waals surface area contributed by atoms with E-state index in [4.69, 9.17) is 4.74 Å². The zero-order valence-electron chi connectivity index (χ0n) is 15.8. The van der Waals surface area contributed by atoms with Gasteiger partial charge in [0, 0.05) is 12.7 Å². The van der Waals surface area contributed by atoms with Crippen LogP contribution in [0.4, 0.5) is 0 Å². The highest BCUT2D eigenvalue weighted by Crippen LogP contribution is 2.13. The Kier molecular flexibility index (Phi) is 6.26. The molecule has 0 aliphatic rings. The minimum absolute atomic E-state index is 0.0361. The van der Waals surface area contributed by atoms with Gasteiger partial charge in [-0.05, 0) is 62.1 Å². The predicted molar refractivity (Wildman–Crippen MR) is 106 cm³/mol. The SMILES string of the molecule is Cc1cccc(OCC(=O)NCCCc2cn(-c3ccccc3)nc2C)c1. The summed E-state index contributed by atoms with van der Waals surface area (Å²) in [5, 5.41) is 7.48. The fourth-order valence-electron chi connectivity index (χ4n) is 2.87. The number of benzene rings is 2. The van der Waals surface area contributed by atoms with Gasteiger partial charge in [0.25, 0.3) is 5.91 Å². The first kappa shape index (κ1) is 18.7. The molecule has 3 rings (SSSR count). The highest BCUT2D eigenvalue weighted by molar-refractivity contribution is 5.77. The number of para-hydroxylation sites is 1. The number of aromatic nitrogens is 2. The van der Waals surface area contributed by atoms with Crippen LogP contribution in [-0.2, 0) is 11.2 Å². The summed E-state index contributed by atoms with van der Waals surface area (Å²) in [5.41, 5.74) is 4.38. The zero-order chi connectivity index (χ0) is 19.1. The summed E-state index contributed by atoms with van der Waals surface area (Å²) in [6.07, 6.45) is 3.79. The molecule has 0 radical (unpaired) electrons. The van der Waals surface area contributed by atoms with E-state index in [2.05, 4.69) is 16.6 Å². The average molecular weight is 363 g/mol. The van der Waals surface area contributed by atoms with E-state index >= 15 is 0 Å².